The van der Waals surface area contributed by atoms with Crippen molar-refractivity contribution in [3.05, 3.63) is 30.7 Å². The Bertz CT molecular complexity index is 486. The molecule has 0 aliphatic carbocycles. The number of hydrogen-bond acceptors (Lipinski definition) is 5. The lowest BCUT2D eigenvalue weighted by Gasteiger charge is -2.14. The standard InChI is InChI=1S/C13H19N5O/c1-3-9-19-12-5-7-14-13(17-12)16-11(2)10-18-8-4-6-15-18/h4-8,11H,3,9-10H2,1-2H3,(H,14,16,17). The highest BCUT2D eigenvalue weighted by molar-refractivity contribution is 5.28. The van der Waals surface area contributed by atoms with Gasteiger partial charge in [0.15, 0.2) is 0 Å². The maximum atomic E-state index is 5.47. The fourth-order valence-corrected chi connectivity index (χ4v) is 1.65. The Kier molecular flexibility index (Phi) is 4.72. The number of aromatic nitrogens is 4. The van der Waals surface area contributed by atoms with Gasteiger partial charge in [0.05, 0.1) is 13.2 Å². The van der Waals surface area contributed by atoms with Crippen molar-refractivity contribution in [3.63, 3.8) is 0 Å². The number of ether oxygens (including phenoxy) is 1. The largest absolute Gasteiger partial charge is 0.478 e. The van der Waals surface area contributed by atoms with E-state index in [0.717, 1.165) is 13.0 Å². The molecule has 0 amide bonds. The van der Waals surface area contributed by atoms with Gasteiger partial charge in [-0.1, -0.05) is 6.92 Å². The van der Waals surface area contributed by atoms with E-state index in [1.165, 1.54) is 0 Å². The number of rotatable bonds is 7. The molecular weight excluding hydrogens is 242 g/mol. The summed E-state index contributed by atoms with van der Waals surface area (Å²) in [6.07, 6.45) is 6.35. The smallest absolute Gasteiger partial charge is 0.226 e. The van der Waals surface area contributed by atoms with Gasteiger partial charge in [-0.25, -0.2) is 4.98 Å². The summed E-state index contributed by atoms with van der Waals surface area (Å²) in [5, 5.41) is 7.40. The predicted molar refractivity (Wildman–Crippen MR) is 73.1 cm³/mol. The third-order valence-corrected chi connectivity index (χ3v) is 2.48. The van der Waals surface area contributed by atoms with Gasteiger partial charge in [-0.2, -0.15) is 10.1 Å². The van der Waals surface area contributed by atoms with E-state index in [1.54, 1.807) is 18.5 Å². The monoisotopic (exact) mass is 261 g/mol. The van der Waals surface area contributed by atoms with E-state index in [-0.39, 0.29) is 6.04 Å². The van der Waals surface area contributed by atoms with Crippen LogP contribution in [0.5, 0.6) is 5.88 Å². The molecule has 1 unspecified atom stereocenters. The zero-order chi connectivity index (χ0) is 13.5. The first-order chi connectivity index (χ1) is 9.28. The maximum Gasteiger partial charge on any atom is 0.226 e. The molecule has 1 N–H and O–H groups in total. The topological polar surface area (TPSA) is 64.9 Å². The van der Waals surface area contributed by atoms with Crippen molar-refractivity contribution >= 4 is 5.95 Å². The second-order valence-corrected chi connectivity index (χ2v) is 4.34. The molecule has 1 atom stereocenters. The van der Waals surface area contributed by atoms with Gasteiger partial charge in [0.2, 0.25) is 11.8 Å². The lowest BCUT2D eigenvalue weighted by molar-refractivity contribution is 0.305. The zero-order valence-electron chi connectivity index (χ0n) is 11.3. The van der Waals surface area contributed by atoms with Crippen molar-refractivity contribution in [2.45, 2.75) is 32.9 Å². The van der Waals surface area contributed by atoms with Crippen LogP contribution in [0.1, 0.15) is 20.3 Å². The molecule has 0 bridgehead atoms. The number of anilines is 1. The summed E-state index contributed by atoms with van der Waals surface area (Å²) >= 11 is 0. The summed E-state index contributed by atoms with van der Waals surface area (Å²) in [4.78, 5) is 8.49. The third-order valence-electron chi connectivity index (χ3n) is 2.48. The molecule has 0 aliphatic heterocycles. The molecule has 0 aliphatic rings. The van der Waals surface area contributed by atoms with Crippen LogP contribution in [0.3, 0.4) is 0 Å². The quantitative estimate of drug-likeness (QED) is 0.825. The first-order valence-electron chi connectivity index (χ1n) is 6.47. The van der Waals surface area contributed by atoms with Crippen LogP contribution in [0.2, 0.25) is 0 Å². The maximum absolute atomic E-state index is 5.47. The van der Waals surface area contributed by atoms with Crippen LogP contribution in [-0.4, -0.2) is 32.4 Å². The molecule has 0 spiro atoms. The fourth-order valence-electron chi connectivity index (χ4n) is 1.65. The van der Waals surface area contributed by atoms with Crippen molar-refractivity contribution < 1.29 is 4.74 Å². The van der Waals surface area contributed by atoms with E-state index in [0.29, 0.717) is 18.4 Å². The minimum absolute atomic E-state index is 0.182. The first-order valence-corrected chi connectivity index (χ1v) is 6.47. The second-order valence-electron chi connectivity index (χ2n) is 4.34. The summed E-state index contributed by atoms with van der Waals surface area (Å²) in [6.45, 7) is 5.55. The second kappa shape index (κ2) is 6.72. The van der Waals surface area contributed by atoms with Crippen LogP contribution in [0.4, 0.5) is 5.95 Å². The van der Waals surface area contributed by atoms with Crippen LogP contribution < -0.4 is 10.1 Å². The average molecular weight is 261 g/mol. The van der Waals surface area contributed by atoms with Crippen LogP contribution in [0.15, 0.2) is 30.7 Å². The fraction of sp³-hybridized carbons (Fsp3) is 0.462. The summed E-state index contributed by atoms with van der Waals surface area (Å²) in [7, 11) is 0. The predicted octanol–water partition coefficient (Wildman–Crippen LogP) is 1.96. The van der Waals surface area contributed by atoms with Gasteiger partial charge >= 0.3 is 0 Å². The average Bonchev–Trinajstić information content (AvgIpc) is 2.89. The van der Waals surface area contributed by atoms with Gasteiger partial charge in [0, 0.05) is 30.7 Å². The Labute approximate surface area is 112 Å². The summed E-state index contributed by atoms with van der Waals surface area (Å²) in [6, 6.07) is 3.85. The van der Waals surface area contributed by atoms with E-state index in [9.17, 15) is 0 Å². The Morgan fingerprint density at radius 1 is 1.42 bits per heavy atom. The highest BCUT2D eigenvalue weighted by Gasteiger charge is 2.06. The van der Waals surface area contributed by atoms with E-state index in [1.807, 2.05) is 16.9 Å². The molecule has 0 saturated carbocycles. The highest BCUT2D eigenvalue weighted by Crippen LogP contribution is 2.09. The Balaban J connectivity index is 1.90. The van der Waals surface area contributed by atoms with Gasteiger partial charge in [0.1, 0.15) is 0 Å². The summed E-state index contributed by atoms with van der Waals surface area (Å²) < 4.78 is 7.34. The van der Waals surface area contributed by atoms with Gasteiger partial charge in [0.25, 0.3) is 0 Å². The molecule has 2 aromatic rings. The molecule has 0 fully saturated rings. The molecule has 0 radical (unpaired) electrons. The molecule has 2 aromatic heterocycles. The minimum atomic E-state index is 0.182. The molecule has 6 heteroatoms. The Morgan fingerprint density at radius 3 is 3.05 bits per heavy atom. The summed E-state index contributed by atoms with van der Waals surface area (Å²) in [5.74, 6) is 1.18. The van der Waals surface area contributed by atoms with E-state index >= 15 is 0 Å². The summed E-state index contributed by atoms with van der Waals surface area (Å²) in [5.41, 5.74) is 0. The van der Waals surface area contributed by atoms with E-state index in [2.05, 4.69) is 34.2 Å². The van der Waals surface area contributed by atoms with Gasteiger partial charge in [-0.3, -0.25) is 4.68 Å². The molecule has 0 saturated heterocycles. The molecule has 2 rings (SSSR count). The first kappa shape index (κ1) is 13.3. The highest BCUT2D eigenvalue weighted by atomic mass is 16.5. The SMILES string of the molecule is CCCOc1ccnc(NC(C)Cn2cccn2)n1. The van der Waals surface area contributed by atoms with Crippen molar-refractivity contribution in [3.8, 4) is 5.88 Å². The van der Waals surface area contributed by atoms with Crippen molar-refractivity contribution in [2.75, 3.05) is 11.9 Å². The van der Waals surface area contributed by atoms with Crippen molar-refractivity contribution in [2.24, 2.45) is 0 Å². The normalized spacial score (nSPS) is 12.1. The zero-order valence-corrected chi connectivity index (χ0v) is 11.3. The van der Waals surface area contributed by atoms with Crippen molar-refractivity contribution in [1.82, 2.24) is 19.7 Å². The van der Waals surface area contributed by atoms with Gasteiger partial charge in [-0.15, -0.1) is 0 Å². The number of nitrogens with zero attached hydrogens (tertiary/aromatic N) is 4. The third kappa shape index (κ3) is 4.24. The van der Waals surface area contributed by atoms with Crippen LogP contribution in [-0.2, 0) is 6.54 Å². The van der Waals surface area contributed by atoms with Crippen molar-refractivity contribution in [1.29, 1.82) is 0 Å². The minimum Gasteiger partial charge on any atom is -0.478 e. The molecule has 6 nitrogen and oxygen atoms in total. The Morgan fingerprint density at radius 2 is 2.32 bits per heavy atom. The Hall–Kier alpha value is -2.11. The molecule has 0 aromatic carbocycles. The lowest BCUT2D eigenvalue weighted by atomic mass is 10.3. The van der Waals surface area contributed by atoms with Crippen LogP contribution in [0, 0.1) is 0 Å². The number of nitrogens with one attached hydrogen (secondary N) is 1. The molecule has 2 heterocycles. The van der Waals surface area contributed by atoms with E-state index < -0.39 is 0 Å². The lowest BCUT2D eigenvalue weighted by Crippen LogP contribution is -2.23. The van der Waals surface area contributed by atoms with E-state index in [4.69, 9.17) is 4.74 Å². The molecular formula is C13H19N5O. The van der Waals surface area contributed by atoms with Gasteiger partial charge in [-0.05, 0) is 19.4 Å². The van der Waals surface area contributed by atoms with Gasteiger partial charge < -0.3 is 10.1 Å². The molecule has 102 valence electrons. The van der Waals surface area contributed by atoms with Crippen LogP contribution >= 0.6 is 0 Å². The molecule has 19 heavy (non-hydrogen) atoms. The number of hydrogen-bond donors (Lipinski definition) is 1. The van der Waals surface area contributed by atoms with Crippen LogP contribution in [0.25, 0.3) is 0 Å².